The second kappa shape index (κ2) is 6.18. The summed E-state index contributed by atoms with van der Waals surface area (Å²) >= 11 is 11.2. The quantitative estimate of drug-likeness (QED) is 0.734. The first-order valence-electron chi connectivity index (χ1n) is 4.90. The third-order valence-electron chi connectivity index (χ3n) is 1.76. The van der Waals surface area contributed by atoms with Crippen molar-refractivity contribution < 1.29 is 23.1 Å². The molecule has 1 rings (SSSR count). The number of amides is 1. The Morgan fingerprint density at radius 3 is 2.37 bits per heavy atom. The van der Waals surface area contributed by atoms with Crippen LogP contribution in [0.4, 0.5) is 10.5 Å². The molecule has 1 amide bonds. The summed E-state index contributed by atoms with van der Waals surface area (Å²) < 4.78 is 31.1. The molecule has 0 saturated heterocycles. The van der Waals surface area contributed by atoms with Gasteiger partial charge in [0.25, 0.3) is 0 Å². The fraction of sp³-hybridized carbons (Fsp3) is 0.222. The van der Waals surface area contributed by atoms with Crippen molar-refractivity contribution in [3.05, 3.63) is 22.2 Å². The van der Waals surface area contributed by atoms with Crippen molar-refractivity contribution in [2.75, 3.05) is 11.3 Å². The molecule has 0 spiro atoms. The maximum atomic E-state index is 11.5. The maximum absolute atomic E-state index is 11.5. The van der Waals surface area contributed by atoms with Gasteiger partial charge in [0.2, 0.25) is 0 Å². The number of hydrogen-bond acceptors (Lipinski definition) is 5. The zero-order valence-corrected chi connectivity index (χ0v) is 11.9. The van der Waals surface area contributed by atoms with E-state index in [1.54, 1.807) is 4.72 Å². The van der Waals surface area contributed by atoms with Crippen LogP contribution in [0.2, 0.25) is 10.0 Å². The highest BCUT2D eigenvalue weighted by atomic mass is 35.5. The van der Waals surface area contributed by atoms with E-state index in [-0.39, 0.29) is 28.1 Å². The minimum absolute atomic E-state index is 0.0235. The van der Waals surface area contributed by atoms with Crippen LogP contribution in [0, 0.1) is 0 Å². The molecule has 0 bridgehead atoms. The van der Waals surface area contributed by atoms with Gasteiger partial charge >= 0.3 is 16.3 Å². The molecule has 0 aliphatic heterocycles. The van der Waals surface area contributed by atoms with E-state index in [9.17, 15) is 18.3 Å². The van der Waals surface area contributed by atoms with Gasteiger partial charge < -0.3 is 9.84 Å². The first kappa shape index (κ1) is 15.7. The third kappa shape index (κ3) is 4.66. The average Bonchev–Trinajstić information content (AvgIpc) is 2.24. The van der Waals surface area contributed by atoms with Crippen molar-refractivity contribution in [2.45, 2.75) is 6.92 Å². The van der Waals surface area contributed by atoms with Crippen LogP contribution in [-0.2, 0) is 14.9 Å². The predicted molar refractivity (Wildman–Crippen MR) is 70.8 cm³/mol. The Hall–Kier alpha value is -1.38. The maximum Gasteiger partial charge on any atom is 0.422 e. The van der Waals surface area contributed by atoms with Crippen molar-refractivity contribution in [3.8, 4) is 5.75 Å². The van der Waals surface area contributed by atoms with Gasteiger partial charge in [0.1, 0.15) is 0 Å². The Kier molecular flexibility index (Phi) is 5.10. The standard InChI is InChI=1S/C9H10Cl2N2O5S/c1-2-18-9(15)13-19(16,17)12-5-3-6(10)8(14)7(11)4-5/h3-4,12,14H,2H2,1H3,(H,13,15). The predicted octanol–water partition coefficient (Wildman–Crippen LogP) is 2.10. The first-order chi connectivity index (χ1) is 8.75. The molecule has 0 heterocycles. The van der Waals surface area contributed by atoms with Crippen molar-refractivity contribution in [2.24, 2.45) is 0 Å². The number of rotatable bonds is 4. The first-order valence-corrected chi connectivity index (χ1v) is 7.14. The van der Waals surface area contributed by atoms with Crippen LogP contribution in [0.5, 0.6) is 5.75 Å². The fourth-order valence-corrected chi connectivity index (χ4v) is 2.32. The number of anilines is 1. The number of ether oxygens (including phenoxy) is 1. The van der Waals surface area contributed by atoms with Gasteiger partial charge in [-0.2, -0.15) is 8.42 Å². The van der Waals surface area contributed by atoms with Gasteiger partial charge in [0.05, 0.1) is 22.3 Å². The fourth-order valence-electron chi connectivity index (χ4n) is 1.08. The van der Waals surface area contributed by atoms with E-state index in [0.717, 1.165) is 12.1 Å². The van der Waals surface area contributed by atoms with Crippen LogP contribution in [-0.4, -0.2) is 26.2 Å². The van der Waals surface area contributed by atoms with Crippen LogP contribution in [0.15, 0.2) is 12.1 Å². The Morgan fingerprint density at radius 1 is 1.37 bits per heavy atom. The van der Waals surface area contributed by atoms with Gasteiger partial charge in [0.15, 0.2) is 5.75 Å². The number of carbonyl (C=O) groups excluding carboxylic acids is 1. The highest BCUT2D eigenvalue weighted by Gasteiger charge is 2.16. The topological polar surface area (TPSA) is 105 Å². The average molecular weight is 329 g/mol. The van der Waals surface area contributed by atoms with Gasteiger partial charge in [-0.25, -0.2) is 9.52 Å². The zero-order chi connectivity index (χ0) is 14.6. The van der Waals surface area contributed by atoms with E-state index >= 15 is 0 Å². The van der Waals surface area contributed by atoms with Crippen molar-refractivity contribution in [1.29, 1.82) is 0 Å². The Balaban J connectivity index is 2.87. The number of phenols is 1. The summed E-state index contributed by atoms with van der Waals surface area (Å²) in [6, 6.07) is 2.26. The lowest BCUT2D eigenvalue weighted by molar-refractivity contribution is 0.159. The van der Waals surface area contributed by atoms with Crippen LogP contribution in [0.1, 0.15) is 6.92 Å². The number of hydrogen-bond donors (Lipinski definition) is 3. The molecule has 1 aromatic carbocycles. The molecule has 0 unspecified atom stereocenters. The summed E-state index contributed by atoms with van der Waals surface area (Å²) in [5.41, 5.74) is -0.0235. The summed E-state index contributed by atoms with van der Waals surface area (Å²) in [7, 11) is -4.18. The molecule has 0 radical (unpaired) electrons. The number of nitrogens with one attached hydrogen (secondary N) is 2. The van der Waals surface area contributed by atoms with E-state index in [1.165, 1.54) is 6.92 Å². The molecule has 3 N–H and O–H groups in total. The number of benzene rings is 1. The Morgan fingerprint density at radius 2 is 1.89 bits per heavy atom. The molecule has 10 heteroatoms. The Labute approximate surface area is 119 Å². The lowest BCUT2D eigenvalue weighted by Crippen LogP contribution is -2.35. The molecule has 0 saturated carbocycles. The SMILES string of the molecule is CCOC(=O)NS(=O)(=O)Nc1cc(Cl)c(O)c(Cl)c1. The van der Waals surface area contributed by atoms with Crippen molar-refractivity contribution in [1.82, 2.24) is 4.72 Å². The van der Waals surface area contributed by atoms with Crippen LogP contribution >= 0.6 is 23.2 Å². The Bertz CT molecular complexity index is 567. The van der Waals surface area contributed by atoms with E-state index < -0.39 is 16.3 Å². The summed E-state index contributed by atoms with van der Waals surface area (Å²) in [4.78, 5) is 11.0. The monoisotopic (exact) mass is 328 g/mol. The van der Waals surface area contributed by atoms with Gasteiger partial charge in [-0.15, -0.1) is 0 Å². The molecular formula is C9H10Cl2N2O5S. The van der Waals surface area contributed by atoms with Gasteiger partial charge in [0, 0.05) is 0 Å². The molecule has 0 aliphatic rings. The van der Waals surface area contributed by atoms with E-state index in [0.29, 0.717) is 0 Å². The summed E-state index contributed by atoms with van der Waals surface area (Å²) in [5, 5.41) is 9.04. The van der Waals surface area contributed by atoms with Crippen LogP contribution in [0.3, 0.4) is 0 Å². The highest BCUT2D eigenvalue weighted by molar-refractivity contribution is 7.91. The minimum atomic E-state index is -4.18. The molecule has 106 valence electrons. The minimum Gasteiger partial charge on any atom is -0.505 e. The number of phenolic OH excluding ortho intramolecular Hbond substituents is 1. The van der Waals surface area contributed by atoms with Crippen LogP contribution in [0.25, 0.3) is 0 Å². The normalized spacial score (nSPS) is 10.9. The lowest BCUT2D eigenvalue weighted by Gasteiger charge is -2.10. The molecule has 0 fully saturated rings. The largest absolute Gasteiger partial charge is 0.505 e. The van der Waals surface area contributed by atoms with E-state index in [1.807, 2.05) is 4.72 Å². The molecule has 0 aliphatic carbocycles. The summed E-state index contributed by atoms with van der Waals surface area (Å²) in [6.07, 6.45) is -1.12. The van der Waals surface area contributed by atoms with Crippen LogP contribution < -0.4 is 9.44 Å². The zero-order valence-electron chi connectivity index (χ0n) is 9.61. The lowest BCUT2D eigenvalue weighted by atomic mass is 10.3. The number of carbonyl (C=O) groups is 1. The third-order valence-corrected chi connectivity index (χ3v) is 3.28. The number of halogens is 2. The van der Waals surface area contributed by atoms with Gasteiger partial charge in [-0.3, -0.25) is 4.72 Å². The number of aromatic hydroxyl groups is 1. The molecular weight excluding hydrogens is 319 g/mol. The second-order valence-electron chi connectivity index (χ2n) is 3.22. The molecule has 0 atom stereocenters. The van der Waals surface area contributed by atoms with E-state index in [2.05, 4.69) is 4.74 Å². The smallest absolute Gasteiger partial charge is 0.422 e. The van der Waals surface area contributed by atoms with Crippen molar-refractivity contribution in [3.63, 3.8) is 0 Å². The molecule has 19 heavy (non-hydrogen) atoms. The molecule has 0 aromatic heterocycles. The summed E-state index contributed by atoms with van der Waals surface area (Å²) in [6.45, 7) is 1.55. The molecule has 7 nitrogen and oxygen atoms in total. The second-order valence-corrected chi connectivity index (χ2v) is 5.45. The van der Waals surface area contributed by atoms with Gasteiger partial charge in [-0.05, 0) is 19.1 Å². The van der Waals surface area contributed by atoms with Crippen molar-refractivity contribution >= 4 is 45.2 Å². The molecule has 1 aromatic rings. The highest BCUT2D eigenvalue weighted by Crippen LogP contribution is 2.34. The van der Waals surface area contributed by atoms with Gasteiger partial charge in [-0.1, -0.05) is 23.2 Å². The summed E-state index contributed by atoms with van der Waals surface area (Å²) in [5.74, 6) is -0.371. The van der Waals surface area contributed by atoms with E-state index in [4.69, 9.17) is 23.2 Å².